The molecule has 234 valence electrons. The molecule has 44 heavy (non-hydrogen) atoms. The summed E-state index contributed by atoms with van der Waals surface area (Å²) in [7, 11) is 0. The maximum atomic E-state index is 14.9. The van der Waals surface area contributed by atoms with E-state index in [2.05, 4.69) is 24.9 Å². The highest BCUT2D eigenvalue weighted by atomic mass is 32.2. The number of fused-ring (bicyclic) bond motifs is 1. The summed E-state index contributed by atoms with van der Waals surface area (Å²) in [4.78, 5) is 21.5. The van der Waals surface area contributed by atoms with Crippen molar-refractivity contribution in [2.45, 2.75) is 58.1 Å². The molecular formula is C35H42FN3O4S. The van der Waals surface area contributed by atoms with E-state index < -0.39 is 11.4 Å². The number of aromatic nitrogens is 1. The van der Waals surface area contributed by atoms with Gasteiger partial charge in [0, 0.05) is 17.5 Å². The Morgan fingerprint density at radius 2 is 2.00 bits per heavy atom. The number of halogens is 1. The molecule has 1 aromatic carbocycles. The number of benzene rings is 1. The number of nitrogens with zero attached hydrogens (tertiary/aromatic N) is 3. The minimum absolute atomic E-state index is 0.0654. The molecule has 1 atom stereocenters. The Morgan fingerprint density at radius 3 is 2.75 bits per heavy atom. The van der Waals surface area contributed by atoms with Crippen LogP contribution >= 0.6 is 11.8 Å². The predicted molar refractivity (Wildman–Crippen MR) is 179 cm³/mol. The lowest BCUT2D eigenvalue weighted by Crippen LogP contribution is -2.24. The highest BCUT2D eigenvalue weighted by Gasteiger charge is 2.19. The van der Waals surface area contributed by atoms with Crippen LogP contribution in [0.15, 0.2) is 94.0 Å². The maximum Gasteiger partial charge on any atom is 0.286 e. The Balaban J connectivity index is 1.46. The Kier molecular flexibility index (Phi) is 12.8. The van der Waals surface area contributed by atoms with Crippen molar-refractivity contribution in [3.05, 3.63) is 106 Å². The van der Waals surface area contributed by atoms with E-state index in [-0.39, 0.29) is 19.4 Å². The largest absolute Gasteiger partial charge is 0.454 e. The molecule has 1 aliphatic heterocycles. The number of hydrogen-bond acceptors (Lipinski definition) is 7. The third kappa shape index (κ3) is 9.40. The van der Waals surface area contributed by atoms with Gasteiger partial charge in [0.2, 0.25) is 6.79 Å². The number of aliphatic imine (C=N–C) groups is 2. The summed E-state index contributed by atoms with van der Waals surface area (Å²) < 4.78 is 33.5. The SMILES string of the molecule is C=C/C=C(\C=C)C(CCSC/N=C(\C=C(\C)N=C)c1cc(F)c(=O)n(Cc2ccc3c(c2)OCO3)c1)OCC1CCCCC1. The van der Waals surface area contributed by atoms with Gasteiger partial charge in [-0.3, -0.25) is 14.8 Å². The molecule has 0 saturated heterocycles. The Morgan fingerprint density at radius 1 is 1.20 bits per heavy atom. The summed E-state index contributed by atoms with van der Waals surface area (Å²) in [6, 6.07) is 6.63. The molecule has 1 fully saturated rings. The summed E-state index contributed by atoms with van der Waals surface area (Å²) in [5.74, 6) is 2.24. The van der Waals surface area contributed by atoms with Crippen molar-refractivity contribution in [2.24, 2.45) is 15.9 Å². The minimum atomic E-state index is -0.856. The van der Waals surface area contributed by atoms with Gasteiger partial charge in [0.1, 0.15) is 0 Å². The second-order valence-electron chi connectivity index (χ2n) is 10.9. The van der Waals surface area contributed by atoms with Gasteiger partial charge in [-0.2, -0.15) is 0 Å². The highest BCUT2D eigenvalue weighted by molar-refractivity contribution is 7.99. The molecule has 9 heteroatoms. The van der Waals surface area contributed by atoms with Crippen molar-refractivity contribution in [3.8, 4) is 11.5 Å². The first-order valence-electron chi connectivity index (χ1n) is 15.0. The predicted octanol–water partition coefficient (Wildman–Crippen LogP) is 7.50. The van der Waals surface area contributed by atoms with Crippen molar-refractivity contribution in [2.75, 3.05) is 25.0 Å². The highest BCUT2D eigenvalue weighted by Crippen LogP contribution is 2.32. The molecule has 2 aliphatic rings. The van der Waals surface area contributed by atoms with Gasteiger partial charge in [-0.15, -0.1) is 11.8 Å². The topological polar surface area (TPSA) is 74.4 Å². The van der Waals surface area contributed by atoms with Crippen LogP contribution in [0.3, 0.4) is 0 Å². The van der Waals surface area contributed by atoms with E-state index in [9.17, 15) is 9.18 Å². The van der Waals surface area contributed by atoms with Gasteiger partial charge in [0.15, 0.2) is 17.3 Å². The number of thioether (sulfide) groups is 1. The first-order valence-corrected chi connectivity index (χ1v) is 16.2. The maximum absolute atomic E-state index is 14.9. The lowest BCUT2D eigenvalue weighted by molar-refractivity contribution is 0.0410. The average molecular weight is 620 g/mol. The summed E-state index contributed by atoms with van der Waals surface area (Å²) in [5, 5.41) is 0. The van der Waals surface area contributed by atoms with Gasteiger partial charge < -0.3 is 18.8 Å². The number of allylic oxidation sites excluding steroid dienone is 4. The van der Waals surface area contributed by atoms with Crippen molar-refractivity contribution in [3.63, 3.8) is 0 Å². The molecule has 0 N–H and O–H groups in total. The normalized spacial score (nSPS) is 16.5. The Labute approximate surface area is 263 Å². The van der Waals surface area contributed by atoms with Crippen molar-refractivity contribution in [1.29, 1.82) is 0 Å². The quantitative estimate of drug-likeness (QED) is 0.111. The van der Waals surface area contributed by atoms with Gasteiger partial charge >= 0.3 is 0 Å². The standard InChI is InChI=1S/C35H42FN3O4S/c1-5-10-28(6-2)32(41-22-26-11-8-7-9-12-26)15-16-44-23-38-31(17-25(3)37-4)29-19-30(36)35(40)39(21-29)20-27-13-14-33-34(18-27)43-24-42-33/h5-6,10,13-14,17-19,21,26,32H,1-2,4,7-9,11-12,15-16,20,22-24H2,3H3/b25-17-,28-10+,38-31+. The molecular weight excluding hydrogens is 577 g/mol. The van der Waals surface area contributed by atoms with Gasteiger partial charge in [-0.25, -0.2) is 4.39 Å². The number of pyridine rings is 1. The third-order valence-electron chi connectivity index (χ3n) is 7.75. The van der Waals surface area contributed by atoms with Crippen molar-refractivity contribution < 1.29 is 18.6 Å². The van der Waals surface area contributed by atoms with Crippen molar-refractivity contribution in [1.82, 2.24) is 4.57 Å². The smallest absolute Gasteiger partial charge is 0.286 e. The van der Waals surface area contributed by atoms with Gasteiger partial charge in [0.25, 0.3) is 5.56 Å². The molecule has 4 rings (SSSR count). The van der Waals surface area contributed by atoms with E-state index in [4.69, 9.17) is 19.2 Å². The van der Waals surface area contributed by atoms with Gasteiger partial charge in [-0.1, -0.05) is 56.7 Å². The van der Waals surface area contributed by atoms with E-state index in [0.29, 0.717) is 40.3 Å². The fourth-order valence-corrected chi connectivity index (χ4v) is 6.06. The Bertz CT molecular complexity index is 1470. The van der Waals surface area contributed by atoms with Crippen LogP contribution in [0.5, 0.6) is 11.5 Å². The summed E-state index contributed by atoms with van der Waals surface area (Å²) >= 11 is 1.65. The zero-order chi connectivity index (χ0) is 31.3. The van der Waals surface area contributed by atoms with E-state index in [0.717, 1.165) is 29.9 Å². The van der Waals surface area contributed by atoms with Crippen LogP contribution in [0.2, 0.25) is 0 Å². The van der Waals surface area contributed by atoms with Crippen LogP contribution < -0.4 is 15.0 Å². The molecule has 0 bridgehead atoms. The summed E-state index contributed by atoms with van der Waals surface area (Å²) in [5.41, 5.74) is 2.71. The first kappa shape index (κ1) is 33.2. The number of rotatable bonds is 16. The zero-order valence-electron chi connectivity index (χ0n) is 25.5. The van der Waals surface area contributed by atoms with E-state index in [1.807, 2.05) is 18.2 Å². The lowest BCUT2D eigenvalue weighted by atomic mass is 9.90. The summed E-state index contributed by atoms with van der Waals surface area (Å²) in [6.07, 6.45) is 16.0. The number of hydrogen-bond donors (Lipinski definition) is 0. The van der Waals surface area contributed by atoms with Crippen LogP contribution in [-0.4, -0.2) is 48.1 Å². The Hall–Kier alpha value is -3.69. The number of ether oxygens (including phenoxy) is 3. The lowest BCUT2D eigenvalue weighted by Gasteiger charge is -2.25. The minimum Gasteiger partial charge on any atom is -0.454 e. The van der Waals surface area contributed by atoms with E-state index in [1.54, 1.807) is 49.2 Å². The van der Waals surface area contributed by atoms with Gasteiger partial charge in [-0.05, 0) is 80.0 Å². The average Bonchev–Trinajstić information content (AvgIpc) is 3.51. The first-order chi connectivity index (χ1) is 21.4. The van der Waals surface area contributed by atoms with E-state index >= 15 is 0 Å². The third-order valence-corrected chi connectivity index (χ3v) is 8.59. The van der Waals surface area contributed by atoms with Crippen LogP contribution in [0.1, 0.15) is 56.6 Å². The monoisotopic (exact) mass is 619 g/mol. The van der Waals surface area contributed by atoms with Crippen molar-refractivity contribution >= 4 is 24.2 Å². The molecule has 0 spiro atoms. The van der Waals surface area contributed by atoms with Crippen LogP contribution in [-0.2, 0) is 11.3 Å². The molecule has 0 amide bonds. The molecule has 1 aliphatic carbocycles. The molecule has 0 radical (unpaired) electrons. The van der Waals surface area contributed by atoms with Crippen LogP contribution in [0, 0.1) is 11.7 Å². The van der Waals surface area contributed by atoms with Crippen LogP contribution in [0.25, 0.3) is 0 Å². The molecule has 7 nitrogen and oxygen atoms in total. The van der Waals surface area contributed by atoms with E-state index in [1.165, 1.54) is 42.7 Å². The molecule has 2 heterocycles. The molecule has 1 unspecified atom stereocenters. The fourth-order valence-electron chi connectivity index (χ4n) is 5.32. The second kappa shape index (κ2) is 17.0. The zero-order valence-corrected chi connectivity index (χ0v) is 26.3. The fraction of sp³-hybridized carbons (Fsp3) is 0.400. The second-order valence-corrected chi connectivity index (χ2v) is 12.0. The molecule has 1 aromatic heterocycles. The van der Waals surface area contributed by atoms with Crippen LogP contribution in [0.4, 0.5) is 4.39 Å². The molecule has 2 aromatic rings. The van der Waals surface area contributed by atoms with Gasteiger partial charge in [0.05, 0.1) is 30.8 Å². The molecule has 1 saturated carbocycles. The summed E-state index contributed by atoms with van der Waals surface area (Å²) in [6.45, 7) is 14.3.